The summed E-state index contributed by atoms with van der Waals surface area (Å²) in [6.45, 7) is 4.27. The molecule has 0 saturated carbocycles. The van der Waals surface area contributed by atoms with Gasteiger partial charge in [-0.15, -0.1) is 0 Å². The van der Waals surface area contributed by atoms with Gasteiger partial charge in [0.1, 0.15) is 6.61 Å². The number of phosphoric acid groups is 1. The van der Waals surface area contributed by atoms with Gasteiger partial charge in [-0.05, 0) is 84.7 Å². The van der Waals surface area contributed by atoms with E-state index in [9.17, 15) is 19.0 Å². The molecule has 0 aromatic rings. The lowest BCUT2D eigenvalue weighted by Gasteiger charge is -2.20. The highest BCUT2D eigenvalue weighted by atomic mass is 31.2. The third kappa shape index (κ3) is 47.3. The molecular weight excluding hydrogens is 786 g/mol. The molecule has 0 aliphatic rings. The normalized spacial score (nSPS) is 13.7. The number of phosphoric ester groups is 1. The van der Waals surface area contributed by atoms with E-state index in [2.05, 4.69) is 62.5 Å². The Bertz CT molecular complexity index is 1150. The van der Waals surface area contributed by atoms with Crippen molar-refractivity contribution in [2.45, 2.75) is 225 Å². The maximum Gasteiger partial charge on any atom is 0.472 e. The lowest BCUT2D eigenvalue weighted by Crippen LogP contribution is -2.29. The van der Waals surface area contributed by atoms with Crippen LogP contribution in [0.25, 0.3) is 0 Å². The summed E-state index contributed by atoms with van der Waals surface area (Å²) in [5.74, 6) is -0.860. The summed E-state index contributed by atoms with van der Waals surface area (Å²) in [7, 11) is -0.737. The summed E-state index contributed by atoms with van der Waals surface area (Å²) in [6, 6.07) is 0. The second-order valence-corrected chi connectivity index (χ2v) is 18.4. The Morgan fingerprint density at radius 2 is 0.902 bits per heavy atom. The van der Waals surface area contributed by atoms with Crippen molar-refractivity contribution >= 4 is 19.8 Å². The number of allylic oxidation sites excluding steroid dienone is 8. The number of esters is 2. The molecule has 0 radical (unpaired) electrons. The van der Waals surface area contributed by atoms with Crippen LogP contribution in [0.1, 0.15) is 219 Å². The van der Waals surface area contributed by atoms with Gasteiger partial charge in [-0.2, -0.15) is 0 Å². The SMILES string of the molecule is CCCCCCCC/C=C\C/C=C\C/C=C\CCCC(=O)OC(COC(=O)CCCCCCCCCCCCC/C=C\CCCCCCCC)COP(=O)(O)OCCN(C)C. The van der Waals surface area contributed by atoms with E-state index in [1.807, 2.05) is 19.0 Å². The summed E-state index contributed by atoms with van der Waals surface area (Å²) in [6.07, 6.45) is 53.1. The lowest BCUT2D eigenvalue weighted by molar-refractivity contribution is -0.161. The van der Waals surface area contributed by atoms with Crippen molar-refractivity contribution < 1.29 is 37.6 Å². The van der Waals surface area contributed by atoms with Gasteiger partial charge in [0.25, 0.3) is 0 Å². The number of hydrogen-bond donors (Lipinski definition) is 1. The minimum atomic E-state index is -4.38. The molecule has 0 heterocycles. The van der Waals surface area contributed by atoms with E-state index in [0.29, 0.717) is 13.0 Å². The Kier molecular flexibility index (Phi) is 44.4. The first-order valence-corrected chi connectivity index (χ1v) is 26.4. The van der Waals surface area contributed by atoms with Crippen molar-refractivity contribution in [3.05, 3.63) is 48.6 Å². The largest absolute Gasteiger partial charge is 0.472 e. The molecule has 0 aliphatic carbocycles. The molecule has 0 spiro atoms. The van der Waals surface area contributed by atoms with E-state index < -0.39 is 26.5 Å². The molecule has 0 amide bonds. The van der Waals surface area contributed by atoms with E-state index in [-0.39, 0.29) is 32.0 Å². The van der Waals surface area contributed by atoms with E-state index in [1.54, 1.807) is 0 Å². The van der Waals surface area contributed by atoms with E-state index in [1.165, 1.54) is 141 Å². The van der Waals surface area contributed by atoms with Crippen LogP contribution in [-0.2, 0) is 32.7 Å². The highest BCUT2D eigenvalue weighted by Gasteiger charge is 2.26. The molecule has 0 rings (SSSR count). The zero-order chi connectivity index (χ0) is 44.8. The molecular formula is C51H94NO8P. The molecule has 61 heavy (non-hydrogen) atoms. The number of unbranched alkanes of at least 4 members (excludes halogenated alkanes) is 24. The maximum atomic E-state index is 12.7. The first-order valence-electron chi connectivity index (χ1n) is 24.9. The Morgan fingerprint density at radius 1 is 0.508 bits per heavy atom. The number of nitrogens with zero attached hydrogens (tertiary/aromatic N) is 1. The topological polar surface area (TPSA) is 112 Å². The molecule has 0 aliphatic heterocycles. The fourth-order valence-corrected chi connectivity index (χ4v) is 7.50. The van der Waals surface area contributed by atoms with Crippen LogP contribution in [-0.4, -0.2) is 68.3 Å². The fourth-order valence-electron chi connectivity index (χ4n) is 6.76. The van der Waals surface area contributed by atoms with E-state index >= 15 is 0 Å². The van der Waals surface area contributed by atoms with Crippen molar-refractivity contribution in [3.63, 3.8) is 0 Å². The van der Waals surface area contributed by atoms with Gasteiger partial charge in [-0.25, -0.2) is 4.57 Å². The second-order valence-electron chi connectivity index (χ2n) is 17.0. The third-order valence-electron chi connectivity index (χ3n) is 10.6. The van der Waals surface area contributed by atoms with Gasteiger partial charge in [0.15, 0.2) is 6.10 Å². The number of ether oxygens (including phenoxy) is 2. The highest BCUT2D eigenvalue weighted by Crippen LogP contribution is 2.43. The minimum Gasteiger partial charge on any atom is -0.462 e. The molecule has 0 bridgehead atoms. The zero-order valence-electron chi connectivity index (χ0n) is 39.9. The molecule has 0 aromatic heterocycles. The van der Waals surface area contributed by atoms with Crippen LogP contribution in [0.15, 0.2) is 48.6 Å². The fraction of sp³-hybridized carbons (Fsp3) is 0.804. The van der Waals surface area contributed by atoms with Gasteiger partial charge in [0, 0.05) is 19.4 Å². The Morgan fingerprint density at radius 3 is 1.38 bits per heavy atom. The van der Waals surface area contributed by atoms with E-state index in [0.717, 1.165) is 44.9 Å². The van der Waals surface area contributed by atoms with Crippen LogP contribution in [0.3, 0.4) is 0 Å². The summed E-state index contributed by atoms with van der Waals surface area (Å²) in [5.41, 5.74) is 0. The van der Waals surface area contributed by atoms with E-state index in [4.69, 9.17) is 18.5 Å². The Balaban J connectivity index is 4.25. The van der Waals surface area contributed by atoms with Crippen molar-refractivity contribution in [1.29, 1.82) is 0 Å². The summed E-state index contributed by atoms with van der Waals surface area (Å²) >= 11 is 0. The average Bonchev–Trinajstić information content (AvgIpc) is 3.23. The van der Waals surface area contributed by atoms with Gasteiger partial charge in [0.05, 0.1) is 13.2 Å². The number of carbonyl (C=O) groups excluding carboxylic acids is 2. The number of likely N-dealkylation sites (N-methyl/N-ethyl adjacent to an activating group) is 1. The summed E-state index contributed by atoms with van der Waals surface area (Å²) < 4.78 is 33.5. The first-order chi connectivity index (χ1) is 29.7. The molecule has 9 nitrogen and oxygen atoms in total. The summed E-state index contributed by atoms with van der Waals surface area (Å²) in [4.78, 5) is 37.1. The standard InChI is InChI=1S/C51H94NO8P/c1-5-7-9-11-13-15-17-19-21-23-24-25-26-28-29-31-33-35-37-39-41-43-50(53)57-47-49(48-59-61(55,56)58-46-45-52(3)4)60-51(54)44-42-40-38-36-34-32-30-27-22-20-18-16-14-12-10-8-6-2/h19-22,30,32,36,38,49H,5-18,23-29,31,33-35,37,39-48H2,1-4H3,(H,55,56)/b21-19-,22-20-,32-30-,38-36-. The first kappa shape index (κ1) is 59.0. The predicted molar refractivity (Wildman–Crippen MR) is 257 cm³/mol. The lowest BCUT2D eigenvalue weighted by atomic mass is 10.0. The molecule has 2 unspecified atom stereocenters. The van der Waals surface area contributed by atoms with Crippen molar-refractivity contribution in [3.8, 4) is 0 Å². The highest BCUT2D eigenvalue weighted by molar-refractivity contribution is 7.47. The van der Waals surface area contributed by atoms with Gasteiger partial charge >= 0.3 is 19.8 Å². The summed E-state index contributed by atoms with van der Waals surface area (Å²) in [5, 5.41) is 0. The maximum absolute atomic E-state index is 12.7. The minimum absolute atomic E-state index is 0.00242. The van der Waals surface area contributed by atoms with Crippen LogP contribution in [0.5, 0.6) is 0 Å². The molecule has 0 aromatic carbocycles. The van der Waals surface area contributed by atoms with Gasteiger partial charge in [-0.3, -0.25) is 18.6 Å². The van der Waals surface area contributed by atoms with Crippen LogP contribution in [0.4, 0.5) is 0 Å². The monoisotopic (exact) mass is 880 g/mol. The van der Waals surface area contributed by atoms with Crippen molar-refractivity contribution in [2.24, 2.45) is 0 Å². The van der Waals surface area contributed by atoms with Crippen LogP contribution in [0, 0.1) is 0 Å². The number of hydrogen-bond acceptors (Lipinski definition) is 8. The quantitative estimate of drug-likeness (QED) is 0.0276. The van der Waals surface area contributed by atoms with Crippen molar-refractivity contribution in [2.75, 3.05) is 40.5 Å². The molecule has 10 heteroatoms. The van der Waals surface area contributed by atoms with Gasteiger partial charge in [-0.1, -0.05) is 184 Å². The second kappa shape index (κ2) is 46.0. The van der Waals surface area contributed by atoms with Crippen LogP contribution < -0.4 is 0 Å². The van der Waals surface area contributed by atoms with Crippen LogP contribution >= 0.6 is 7.82 Å². The third-order valence-corrected chi connectivity index (χ3v) is 11.6. The van der Waals surface area contributed by atoms with Crippen LogP contribution in [0.2, 0.25) is 0 Å². The smallest absolute Gasteiger partial charge is 0.462 e. The zero-order valence-corrected chi connectivity index (χ0v) is 40.7. The number of carbonyl (C=O) groups is 2. The molecule has 356 valence electrons. The number of rotatable bonds is 46. The molecule has 2 atom stereocenters. The molecule has 0 fully saturated rings. The average molecular weight is 880 g/mol. The Hall–Kier alpha value is -2.03. The predicted octanol–water partition coefficient (Wildman–Crippen LogP) is 14.9. The van der Waals surface area contributed by atoms with Gasteiger partial charge < -0.3 is 19.3 Å². The van der Waals surface area contributed by atoms with Crippen molar-refractivity contribution in [1.82, 2.24) is 4.90 Å². The van der Waals surface area contributed by atoms with Gasteiger partial charge in [0.2, 0.25) is 0 Å². The molecule has 0 saturated heterocycles. The Labute approximate surface area is 375 Å². The molecule has 1 N–H and O–H groups in total.